The zero-order valence-corrected chi connectivity index (χ0v) is 11.9. The Labute approximate surface area is 119 Å². The van der Waals surface area contributed by atoms with Gasteiger partial charge in [-0.15, -0.1) is 0 Å². The fourth-order valence-electron chi connectivity index (χ4n) is 2.37. The monoisotopic (exact) mass is 277 g/mol. The number of benzene rings is 1. The molecule has 1 saturated carbocycles. The second-order valence-electron chi connectivity index (χ2n) is 5.43. The third-order valence-corrected chi connectivity index (χ3v) is 3.89. The van der Waals surface area contributed by atoms with Crippen molar-refractivity contribution in [3.8, 4) is 0 Å². The highest BCUT2D eigenvalue weighted by atomic mass is 16.5. The van der Waals surface area contributed by atoms with Crippen LogP contribution in [0.4, 0.5) is 0 Å². The van der Waals surface area contributed by atoms with Gasteiger partial charge < -0.3 is 15.6 Å². The number of ether oxygens (including phenoxy) is 1. The molecule has 0 bridgehead atoms. The molecule has 0 heterocycles. The van der Waals surface area contributed by atoms with E-state index in [-0.39, 0.29) is 18.1 Å². The molecule has 0 radical (unpaired) electrons. The molecule has 0 aromatic heterocycles. The largest absolute Gasteiger partial charge is 0.457 e. The molecule has 1 aliphatic carbocycles. The summed E-state index contributed by atoms with van der Waals surface area (Å²) in [7, 11) is 0. The van der Waals surface area contributed by atoms with Gasteiger partial charge in [-0.3, -0.25) is 0 Å². The molecule has 1 aromatic carbocycles. The molecule has 1 aromatic rings. The third-order valence-electron chi connectivity index (χ3n) is 3.89. The van der Waals surface area contributed by atoms with E-state index < -0.39 is 6.10 Å². The highest BCUT2D eigenvalue weighted by molar-refractivity contribution is 5.91. The van der Waals surface area contributed by atoms with Gasteiger partial charge in [0, 0.05) is 6.04 Å². The summed E-state index contributed by atoms with van der Waals surface area (Å²) in [5, 5.41) is 10.2. The smallest absolute Gasteiger partial charge is 0.338 e. The maximum Gasteiger partial charge on any atom is 0.338 e. The number of nitrogens with two attached hydrogens (primary N) is 1. The molecule has 0 amide bonds. The van der Waals surface area contributed by atoms with Crippen molar-refractivity contribution in [1.82, 2.24) is 0 Å². The molecule has 110 valence electrons. The first kappa shape index (κ1) is 15.0. The van der Waals surface area contributed by atoms with E-state index in [9.17, 15) is 9.90 Å². The Kier molecular flexibility index (Phi) is 5.15. The summed E-state index contributed by atoms with van der Waals surface area (Å²) >= 11 is 0. The first-order valence-corrected chi connectivity index (χ1v) is 7.37. The van der Waals surface area contributed by atoms with Gasteiger partial charge >= 0.3 is 5.97 Å². The van der Waals surface area contributed by atoms with Crippen LogP contribution in [0, 0.1) is 0 Å². The number of rotatable bonds is 6. The van der Waals surface area contributed by atoms with E-state index in [4.69, 9.17) is 10.5 Å². The number of carbonyl (C=O) groups excluding carboxylic acids is 1. The predicted molar refractivity (Wildman–Crippen MR) is 77.3 cm³/mol. The van der Waals surface area contributed by atoms with E-state index >= 15 is 0 Å². The van der Waals surface area contributed by atoms with Crippen LogP contribution in [0.5, 0.6) is 0 Å². The van der Waals surface area contributed by atoms with Crippen molar-refractivity contribution in [2.75, 3.05) is 0 Å². The number of aliphatic hydroxyl groups is 1. The van der Waals surface area contributed by atoms with E-state index in [1.165, 1.54) is 0 Å². The first-order chi connectivity index (χ1) is 9.63. The van der Waals surface area contributed by atoms with Gasteiger partial charge in [-0.05, 0) is 30.9 Å². The molecule has 3 atom stereocenters. The fraction of sp³-hybridized carbons (Fsp3) is 0.562. The summed E-state index contributed by atoms with van der Waals surface area (Å²) in [6.45, 7) is 2.07. The Bertz CT molecular complexity index is 461. The zero-order chi connectivity index (χ0) is 14.5. The molecular formula is C16H23NO3. The average molecular weight is 277 g/mol. The minimum Gasteiger partial charge on any atom is -0.457 e. The third kappa shape index (κ3) is 3.38. The van der Waals surface area contributed by atoms with Gasteiger partial charge in [0.1, 0.15) is 6.10 Å². The van der Waals surface area contributed by atoms with Crippen molar-refractivity contribution in [2.45, 2.75) is 57.3 Å². The number of unbranched alkanes of at least 4 members (excludes halogenated alkanes) is 1. The Balaban J connectivity index is 2.08. The molecule has 0 spiro atoms. The predicted octanol–water partition coefficient (Wildman–Crippen LogP) is 2.56. The first-order valence-electron chi connectivity index (χ1n) is 7.37. The number of hydrogen-bond acceptors (Lipinski definition) is 4. The topological polar surface area (TPSA) is 72.5 Å². The van der Waals surface area contributed by atoms with Gasteiger partial charge in [-0.1, -0.05) is 38.0 Å². The molecule has 1 fully saturated rings. The van der Waals surface area contributed by atoms with Crippen LogP contribution in [-0.4, -0.2) is 23.2 Å². The zero-order valence-electron chi connectivity index (χ0n) is 11.9. The standard InChI is InChI=1S/C16H23NO3/c1-2-3-8-14(18)11-6-4-5-7-12(11)16(19)20-15-10-9-13(15)17/h4-7,13-15,18H,2-3,8-10,17H2,1H3. The number of esters is 1. The van der Waals surface area contributed by atoms with Gasteiger partial charge in [0.05, 0.1) is 11.7 Å². The number of hydrogen-bond donors (Lipinski definition) is 2. The summed E-state index contributed by atoms with van der Waals surface area (Å²) < 4.78 is 5.40. The van der Waals surface area contributed by atoms with Crippen LogP contribution in [-0.2, 0) is 4.74 Å². The fourth-order valence-corrected chi connectivity index (χ4v) is 2.37. The van der Waals surface area contributed by atoms with Crippen molar-refractivity contribution >= 4 is 5.97 Å². The number of aliphatic hydroxyl groups excluding tert-OH is 1. The van der Waals surface area contributed by atoms with Gasteiger partial charge in [0.2, 0.25) is 0 Å². The van der Waals surface area contributed by atoms with Crippen LogP contribution in [0.2, 0.25) is 0 Å². The SMILES string of the molecule is CCCCC(O)c1ccccc1C(=O)OC1CCC1N. The minimum atomic E-state index is -0.617. The van der Waals surface area contributed by atoms with E-state index in [0.29, 0.717) is 17.5 Å². The Morgan fingerprint density at radius 1 is 1.45 bits per heavy atom. The Morgan fingerprint density at radius 2 is 2.20 bits per heavy atom. The Hall–Kier alpha value is -1.39. The summed E-state index contributed by atoms with van der Waals surface area (Å²) in [5.41, 5.74) is 6.89. The Morgan fingerprint density at radius 3 is 2.80 bits per heavy atom. The second-order valence-corrected chi connectivity index (χ2v) is 5.43. The van der Waals surface area contributed by atoms with Crippen molar-refractivity contribution in [1.29, 1.82) is 0 Å². The maximum absolute atomic E-state index is 12.2. The second kappa shape index (κ2) is 6.86. The van der Waals surface area contributed by atoms with Gasteiger partial charge in [0.15, 0.2) is 0 Å². The molecule has 3 unspecified atom stereocenters. The van der Waals surface area contributed by atoms with Crippen molar-refractivity contribution in [3.05, 3.63) is 35.4 Å². The van der Waals surface area contributed by atoms with E-state index in [0.717, 1.165) is 25.7 Å². The van der Waals surface area contributed by atoms with Gasteiger partial charge in [-0.2, -0.15) is 0 Å². The van der Waals surface area contributed by atoms with Crippen LogP contribution in [0.15, 0.2) is 24.3 Å². The maximum atomic E-state index is 12.2. The lowest BCUT2D eigenvalue weighted by Gasteiger charge is -2.33. The molecule has 1 aliphatic rings. The lowest BCUT2D eigenvalue weighted by atomic mass is 9.90. The minimum absolute atomic E-state index is 0.0453. The lowest BCUT2D eigenvalue weighted by molar-refractivity contribution is -0.000853. The van der Waals surface area contributed by atoms with E-state index in [1.807, 2.05) is 6.07 Å². The van der Waals surface area contributed by atoms with E-state index in [1.54, 1.807) is 18.2 Å². The highest BCUT2D eigenvalue weighted by Crippen LogP contribution is 2.26. The van der Waals surface area contributed by atoms with Gasteiger partial charge in [0.25, 0.3) is 0 Å². The molecule has 4 heteroatoms. The average Bonchev–Trinajstić information content (AvgIpc) is 2.48. The molecule has 20 heavy (non-hydrogen) atoms. The lowest BCUT2D eigenvalue weighted by Crippen LogP contribution is -2.46. The molecule has 4 nitrogen and oxygen atoms in total. The van der Waals surface area contributed by atoms with Crippen LogP contribution < -0.4 is 5.73 Å². The summed E-state index contributed by atoms with van der Waals surface area (Å²) in [4.78, 5) is 12.2. The summed E-state index contributed by atoms with van der Waals surface area (Å²) in [5.74, 6) is -0.378. The van der Waals surface area contributed by atoms with Crippen LogP contribution in [0.3, 0.4) is 0 Å². The van der Waals surface area contributed by atoms with Crippen molar-refractivity contribution in [2.24, 2.45) is 5.73 Å². The summed E-state index contributed by atoms with van der Waals surface area (Å²) in [6, 6.07) is 7.06. The molecular weight excluding hydrogens is 254 g/mol. The molecule has 3 N–H and O–H groups in total. The molecule has 2 rings (SSSR count). The van der Waals surface area contributed by atoms with Crippen molar-refractivity contribution in [3.63, 3.8) is 0 Å². The highest BCUT2D eigenvalue weighted by Gasteiger charge is 2.32. The van der Waals surface area contributed by atoms with Crippen LogP contribution in [0.25, 0.3) is 0 Å². The van der Waals surface area contributed by atoms with Crippen LogP contribution in [0.1, 0.15) is 61.1 Å². The van der Waals surface area contributed by atoms with E-state index in [2.05, 4.69) is 6.92 Å². The van der Waals surface area contributed by atoms with Crippen LogP contribution >= 0.6 is 0 Å². The molecule has 0 saturated heterocycles. The molecule has 0 aliphatic heterocycles. The normalized spacial score (nSPS) is 22.9. The quantitative estimate of drug-likeness (QED) is 0.784. The summed E-state index contributed by atoms with van der Waals surface area (Å²) in [6.07, 6.45) is 3.53. The van der Waals surface area contributed by atoms with Crippen molar-refractivity contribution < 1.29 is 14.6 Å². The number of carbonyl (C=O) groups is 1. The van der Waals surface area contributed by atoms with Gasteiger partial charge in [-0.25, -0.2) is 4.79 Å².